The van der Waals surface area contributed by atoms with Gasteiger partial charge in [-0.1, -0.05) is 19.9 Å². The predicted octanol–water partition coefficient (Wildman–Crippen LogP) is 2.57. The lowest BCUT2D eigenvalue weighted by atomic mass is 9.96. The van der Waals surface area contributed by atoms with Gasteiger partial charge >= 0.3 is 5.97 Å². The fourth-order valence-corrected chi connectivity index (χ4v) is 1.40. The van der Waals surface area contributed by atoms with Gasteiger partial charge < -0.3 is 10.5 Å². The Morgan fingerprint density at radius 2 is 2.20 bits per heavy atom. The van der Waals surface area contributed by atoms with E-state index in [1.807, 2.05) is 12.1 Å². The fourth-order valence-electron chi connectivity index (χ4n) is 1.40. The third-order valence-corrected chi connectivity index (χ3v) is 2.66. The van der Waals surface area contributed by atoms with Crippen molar-refractivity contribution >= 4 is 11.7 Å². The minimum Gasteiger partial charge on any atom is -0.465 e. The van der Waals surface area contributed by atoms with Gasteiger partial charge in [-0.3, -0.25) is 0 Å². The van der Waals surface area contributed by atoms with E-state index in [9.17, 15) is 4.79 Å². The molecule has 0 aliphatic rings. The highest BCUT2D eigenvalue weighted by Gasteiger charge is 2.12. The molecule has 1 atom stereocenters. The first-order valence-electron chi connectivity index (χ1n) is 5.07. The fraction of sp³-hybridized carbons (Fsp3) is 0.417. The minimum atomic E-state index is -0.377. The molecule has 0 aromatic heterocycles. The topological polar surface area (TPSA) is 52.3 Å². The average Bonchev–Trinajstić information content (AvgIpc) is 2.27. The number of benzene rings is 1. The van der Waals surface area contributed by atoms with Crippen LogP contribution in [0.4, 0.5) is 5.69 Å². The first kappa shape index (κ1) is 11.6. The predicted molar refractivity (Wildman–Crippen MR) is 60.9 cm³/mol. The summed E-state index contributed by atoms with van der Waals surface area (Å²) in [6.07, 6.45) is 1.03. The Kier molecular flexibility index (Phi) is 3.72. The first-order valence-corrected chi connectivity index (χ1v) is 5.07. The molecule has 1 unspecified atom stereocenters. The standard InChI is InChI=1S/C12H17NO2/c1-4-8(2)9-5-6-11(13)10(7-9)12(14)15-3/h5-8H,4,13H2,1-3H3. The molecular formula is C12H17NO2. The van der Waals surface area contributed by atoms with E-state index < -0.39 is 0 Å². The molecule has 0 radical (unpaired) electrons. The second kappa shape index (κ2) is 4.82. The molecule has 0 fully saturated rings. The van der Waals surface area contributed by atoms with Crippen molar-refractivity contribution < 1.29 is 9.53 Å². The number of anilines is 1. The molecular weight excluding hydrogens is 190 g/mol. The Hall–Kier alpha value is -1.51. The van der Waals surface area contributed by atoms with Gasteiger partial charge in [-0.2, -0.15) is 0 Å². The van der Waals surface area contributed by atoms with Crippen molar-refractivity contribution in [1.29, 1.82) is 0 Å². The van der Waals surface area contributed by atoms with Gasteiger partial charge in [0.05, 0.1) is 12.7 Å². The zero-order chi connectivity index (χ0) is 11.4. The summed E-state index contributed by atoms with van der Waals surface area (Å²) in [6.45, 7) is 4.23. The lowest BCUT2D eigenvalue weighted by Gasteiger charge is -2.11. The molecule has 0 saturated carbocycles. The van der Waals surface area contributed by atoms with Crippen LogP contribution in [0, 0.1) is 0 Å². The molecule has 0 bridgehead atoms. The molecule has 0 aliphatic carbocycles. The molecule has 1 aromatic rings. The van der Waals surface area contributed by atoms with Gasteiger partial charge in [0.1, 0.15) is 0 Å². The van der Waals surface area contributed by atoms with Crippen molar-refractivity contribution in [1.82, 2.24) is 0 Å². The Labute approximate surface area is 90.2 Å². The van der Waals surface area contributed by atoms with Gasteiger partial charge in [-0.15, -0.1) is 0 Å². The van der Waals surface area contributed by atoms with Crippen LogP contribution in [0.15, 0.2) is 18.2 Å². The van der Waals surface area contributed by atoms with E-state index in [0.29, 0.717) is 17.2 Å². The van der Waals surface area contributed by atoms with Crippen molar-refractivity contribution in [2.75, 3.05) is 12.8 Å². The summed E-state index contributed by atoms with van der Waals surface area (Å²) in [6, 6.07) is 5.53. The van der Waals surface area contributed by atoms with Crippen LogP contribution in [0.5, 0.6) is 0 Å². The molecule has 2 N–H and O–H groups in total. The van der Waals surface area contributed by atoms with Crippen molar-refractivity contribution in [3.05, 3.63) is 29.3 Å². The molecule has 0 heterocycles. The van der Waals surface area contributed by atoms with Gasteiger partial charge in [0, 0.05) is 5.69 Å². The van der Waals surface area contributed by atoms with Crippen LogP contribution in [-0.2, 0) is 4.74 Å². The highest BCUT2D eigenvalue weighted by atomic mass is 16.5. The smallest absolute Gasteiger partial charge is 0.339 e. The normalized spacial score (nSPS) is 12.2. The Balaban J connectivity index is 3.10. The van der Waals surface area contributed by atoms with E-state index in [1.165, 1.54) is 7.11 Å². The summed E-state index contributed by atoms with van der Waals surface area (Å²) in [7, 11) is 1.36. The van der Waals surface area contributed by atoms with Crippen LogP contribution >= 0.6 is 0 Å². The summed E-state index contributed by atoms with van der Waals surface area (Å²) < 4.78 is 4.67. The molecule has 3 heteroatoms. The second-order valence-electron chi connectivity index (χ2n) is 3.65. The number of carbonyl (C=O) groups excluding carboxylic acids is 1. The number of rotatable bonds is 3. The number of carbonyl (C=O) groups is 1. The van der Waals surface area contributed by atoms with Crippen molar-refractivity contribution in [2.45, 2.75) is 26.2 Å². The van der Waals surface area contributed by atoms with Crippen molar-refractivity contribution in [2.24, 2.45) is 0 Å². The van der Waals surface area contributed by atoms with Crippen LogP contribution in [-0.4, -0.2) is 13.1 Å². The third-order valence-electron chi connectivity index (χ3n) is 2.66. The summed E-state index contributed by atoms with van der Waals surface area (Å²) in [4.78, 5) is 11.4. The van der Waals surface area contributed by atoms with Crippen LogP contribution in [0.2, 0.25) is 0 Å². The lowest BCUT2D eigenvalue weighted by molar-refractivity contribution is 0.0602. The van der Waals surface area contributed by atoms with E-state index >= 15 is 0 Å². The minimum absolute atomic E-state index is 0.377. The number of hydrogen-bond donors (Lipinski definition) is 1. The zero-order valence-corrected chi connectivity index (χ0v) is 9.41. The van der Waals surface area contributed by atoms with E-state index in [2.05, 4.69) is 18.6 Å². The maximum atomic E-state index is 11.4. The first-order chi connectivity index (χ1) is 7.10. The van der Waals surface area contributed by atoms with E-state index in [0.717, 1.165) is 12.0 Å². The van der Waals surface area contributed by atoms with Crippen molar-refractivity contribution in [3.8, 4) is 0 Å². The highest BCUT2D eigenvalue weighted by molar-refractivity contribution is 5.95. The van der Waals surface area contributed by atoms with Crippen molar-refractivity contribution in [3.63, 3.8) is 0 Å². The van der Waals surface area contributed by atoms with E-state index in [4.69, 9.17) is 5.73 Å². The number of ether oxygens (including phenoxy) is 1. The SMILES string of the molecule is CCC(C)c1ccc(N)c(C(=O)OC)c1. The van der Waals surface area contributed by atoms with Crippen LogP contribution < -0.4 is 5.73 Å². The van der Waals surface area contributed by atoms with E-state index in [1.54, 1.807) is 6.07 Å². The Bertz CT molecular complexity index is 361. The number of methoxy groups -OCH3 is 1. The van der Waals surface area contributed by atoms with Gasteiger partial charge in [0.2, 0.25) is 0 Å². The number of hydrogen-bond acceptors (Lipinski definition) is 3. The number of esters is 1. The largest absolute Gasteiger partial charge is 0.465 e. The van der Waals surface area contributed by atoms with Crippen LogP contribution in [0.1, 0.15) is 42.1 Å². The summed E-state index contributed by atoms with van der Waals surface area (Å²) in [5, 5.41) is 0. The maximum Gasteiger partial charge on any atom is 0.339 e. The number of nitrogen functional groups attached to an aromatic ring is 1. The molecule has 3 nitrogen and oxygen atoms in total. The Morgan fingerprint density at radius 3 is 2.73 bits per heavy atom. The molecule has 0 saturated heterocycles. The quantitative estimate of drug-likeness (QED) is 0.612. The molecule has 0 amide bonds. The van der Waals surface area contributed by atoms with E-state index in [-0.39, 0.29) is 5.97 Å². The second-order valence-corrected chi connectivity index (χ2v) is 3.65. The zero-order valence-electron chi connectivity index (χ0n) is 9.41. The van der Waals surface area contributed by atoms with Gasteiger partial charge in [0.25, 0.3) is 0 Å². The highest BCUT2D eigenvalue weighted by Crippen LogP contribution is 2.23. The number of nitrogens with two attached hydrogens (primary N) is 1. The maximum absolute atomic E-state index is 11.4. The molecule has 1 aromatic carbocycles. The molecule has 15 heavy (non-hydrogen) atoms. The third kappa shape index (κ3) is 2.49. The summed E-state index contributed by atoms with van der Waals surface area (Å²) in [5.74, 6) is 0.0478. The van der Waals surface area contributed by atoms with Gasteiger partial charge in [-0.05, 0) is 30.0 Å². The van der Waals surface area contributed by atoms with Gasteiger partial charge in [0.15, 0.2) is 0 Å². The average molecular weight is 207 g/mol. The summed E-state index contributed by atoms with van der Waals surface area (Å²) in [5.41, 5.74) is 7.74. The monoisotopic (exact) mass is 207 g/mol. The molecule has 82 valence electrons. The van der Waals surface area contributed by atoms with Crippen LogP contribution in [0.3, 0.4) is 0 Å². The Morgan fingerprint density at radius 1 is 1.53 bits per heavy atom. The molecule has 1 rings (SSSR count). The van der Waals surface area contributed by atoms with Crippen LogP contribution in [0.25, 0.3) is 0 Å². The van der Waals surface area contributed by atoms with Gasteiger partial charge in [-0.25, -0.2) is 4.79 Å². The summed E-state index contributed by atoms with van der Waals surface area (Å²) >= 11 is 0. The molecule has 0 aliphatic heterocycles. The molecule has 0 spiro atoms. The lowest BCUT2D eigenvalue weighted by Crippen LogP contribution is -2.07.